The number of aryl methyl sites for hydroxylation is 1. The highest BCUT2D eigenvalue weighted by Crippen LogP contribution is 2.39. The molecule has 0 heterocycles. The van der Waals surface area contributed by atoms with Crippen molar-refractivity contribution in [3.8, 4) is 11.5 Å². The molecule has 2 aromatic rings. The number of rotatable bonds is 2. The molecule has 106 valence electrons. The predicted molar refractivity (Wildman–Crippen MR) is 74.8 cm³/mol. The lowest BCUT2D eigenvalue weighted by Gasteiger charge is -2.14. The molecule has 0 saturated carbocycles. The smallest absolute Gasteiger partial charge is 0.420 e. The second-order valence-corrected chi connectivity index (χ2v) is 5.12. The summed E-state index contributed by atoms with van der Waals surface area (Å²) in [5, 5.41) is 0. The average Bonchev–Trinajstić information content (AvgIpc) is 2.35. The van der Waals surface area contributed by atoms with Gasteiger partial charge in [-0.1, -0.05) is 15.9 Å². The lowest BCUT2D eigenvalue weighted by atomic mass is 10.1. The maximum absolute atomic E-state index is 12.9. The van der Waals surface area contributed by atoms with Crippen molar-refractivity contribution in [3.63, 3.8) is 0 Å². The predicted octanol–water partition coefficient (Wildman–Crippen LogP) is 5.15. The Morgan fingerprint density at radius 2 is 1.80 bits per heavy atom. The Morgan fingerprint density at radius 1 is 1.10 bits per heavy atom. The average molecular weight is 346 g/mol. The van der Waals surface area contributed by atoms with Crippen molar-refractivity contribution in [2.75, 3.05) is 5.73 Å². The molecule has 20 heavy (non-hydrogen) atoms. The maximum atomic E-state index is 12.9. The molecule has 0 atom stereocenters. The number of nitrogens with two attached hydrogens (primary N) is 1. The SMILES string of the molecule is Cc1cc(Oc2ccc(N)cc2C(F)(F)F)ccc1Br. The van der Waals surface area contributed by atoms with Crippen LogP contribution in [0.15, 0.2) is 40.9 Å². The minimum absolute atomic E-state index is 0.0386. The highest BCUT2D eigenvalue weighted by atomic mass is 79.9. The van der Waals surface area contributed by atoms with E-state index in [2.05, 4.69) is 15.9 Å². The summed E-state index contributed by atoms with van der Waals surface area (Å²) < 4.78 is 45.0. The standard InChI is InChI=1S/C14H11BrF3NO/c1-8-6-10(3-4-12(8)15)20-13-5-2-9(19)7-11(13)14(16,17)18/h2-7H,19H2,1H3. The molecule has 0 fully saturated rings. The fourth-order valence-electron chi connectivity index (χ4n) is 1.67. The van der Waals surface area contributed by atoms with Crippen molar-refractivity contribution < 1.29 is 17.9 Å². The van der Waals surface area contributed by atoms with Crippen molar-refractivity contribution >= 4 is 21.6 Å². The second-order valence-electron chi connectivity index (χ2n) is 4.27. The summed E-state index contributed by atoms with van der Waals surface area (Å²) in [5.41, 5.74) is 5.41. The molecule has 0 bridgehead atoms. The first-order valence-electron chi connectivity index (χ1n) is 5.68. The van der Waals surface area contributed by atoms with Gasteiger partial charge >= 0.3 is 6.18 Å². The van der Waals surface area contributed by atoms with E-state index in [1.54, 1.807) is 18.2 Å². The number of nitrogen functional groups attached to an aromatic ring is 1. The molecule has 2 nitrogen and oxygen atoms in total. The van der Waals surface area contributed by atoms with Crippen molar-refractivity contribution in [1.29, 1.82) is 0 Å². The number of hydrogen-bond acceptors (Lipinski definition) is 2. The molecule has 2 aromatic carbocycles. The molecule has 0 aliphatic heterocycles. The van der Waals surface area contributed by atoms with Gasteiger partial charge < -0.3 is 10.5 Å². The summed E-state index contributed by atoms with van der Waals surface area (Å²) in [6.07, 6.45) is -4.52. The Labute approximate surface area is 122 Å². The molecule has 0 spiro atoms. The molecule has 0 radical (unpaired) electrons. The Hall–Kier alpha value is -1.69. The first-order valence-corrected chi connectivity index (χ1v) is 6.47. The van der Waals surface area contributed by atoms with Gasteiger partial charge in [0, 0.05) is 10.2 Å². The zero-order valence-corrected chi connectivity index (χ0v) is 12.0. The lowest BCUT2D eigenvalue weighted by Crippen LogP contribution is -2.08. The number of hydrogen-bond donors (Lipinski definition) is 1. The summed E-state index contributed by atoms with van der Waals surface area (Å²) in [6, 6.07) is 8.41. The first-order chi connectivity index (χ1) is 9.27. The summed E-state index contributed by atoms with van der Waals surface area (Å²) in [5.74, 6) is 0.0643. The van der Waals surface area contributed by atoms with Gasteiger partial charge in [-0.3, -0.25) is 0 Å². The van der Waals surface area contributed by atoms with Crippen molar-refractivity contribution in [2.24, 2.45) is 0 Å². The van der Waals surface area contributed by atoms with E-state index in [4.69, 9.17) is 10.5 Å². The van der Waals surface area contributed by atoms with Gasteiger partial charge in [-0.15, -0.1) is 0 Å². The first kappa shape index (κ1) is 14.7. The highest BCUT2D eigenvalue weighted by Gasteiger charge is 2.34. The van der Waals surface area contributed by atoms with Gasteiger partial charge in [-0.05, 0) is 48.9 Å². The van der Waals surface area contributed by atoms with Gasteiger partial charge in [-0.2, -0.15) is 13.2 Å². The van der Waals surface area contributed by atoms with Crippen LogP contribution in [0.4, 0.5) is 18.9 Å². The van der Waals surface area contributed by atoms with E-state index in [1.165, 1.54) is 12.1 Å². The minimum atomic E-state index is -4.52. The molecule has 2 N–H and O–H groups in total. The van der Waals surface area contributed by atoms with Gasteiger partial charge in [0.15, 0.2) is 0 Å². The second kappa shape index (κ2) is 5.36. The van der Waals surface area contributed by atoms with Crippen molar-refractivity contribution in [2.45, 2.75) is 13.1 Å². The van der Waals surface area contributed by atoms with E-state index in [9.17, 15) is 13.2 Å². The Kier molecular flexibility index (Phi) is 3.94. The number of ether oxygens (including phenoxy) is 1. The van der Waals surface area contributed by atoms with Crippen LogP contribution in [0, 0.1) is 6.92 Å². The van der Waals surface area contributed by atoms with Gasteiger partial charge in [0.05, 0.1) is 0 Å². The fraction of sp³-hybridized carbons (Fsp3) is 0.143. The zero-order valence-electron chi connectivity index (χ0n) is 10.5. The van der Waals surface area contributed by atoms with Gasteiger partial charge in [-0.25, -0.2) is 0 Å². The van der Waals surface area contributed by atoms with Crippen molar-refractivity contribution in [1.82, 2.24) is 0 Å². The van der Waals surface area contributed by atoms with Crippen LogP contribution in [-0.2, 0) is 6.18 Å². The number of anilines is 1. The molecule has 6 heteroatoms. The van der Waals surface area contributed by atoms with Crippen LogP contribution in [0.2, 0.25) is 0 Å². The van der Waals surface area contributed by atoms with Crippen LogP contribution in [0.3, 0.4) is 0 Å². The molecular weight excluding hydrogens is 335 g/mol. The van der Waals surface area contributed by atoms with Gasteiger partial charge in [0.25, 0.3) is 0 Å². The topological polar surface area (TPSA) is 35.2 Å². The van der Waals surface area contributed by atoms with Gasteiger partial charge in [0.1, 0.15) is 17.1 Å². The van der Waals surface area contributed by atoms with E-state index < -0.39 is 11.7 Å². The molecular formula is C14H11BrF3NO. The van der Waals surface area contributed by atoms with Crippen LogP contribution >= 0.6 is 15.9 Å². The Balaban J connectivity index is 2.40. The lowest BCUT2D eigenvalue weighted by molar-refractivity contribution is -0.138. The Bertz CT molecular complexity index is 641. The third-order valence-electron chi connectivity index (χ3n) is 2.67. The third kappa shape index (κ3) is 3.25. The molecule has 0 unspecified atom stereocenters. The van der Waals surface area contributed by atoms with E-state index in [1.807, 2.05) is 6.92 Å². The summed E-state index contributed by atoms with van der Waals surface area (Å²) in [7, 11) is 0. The summed E-state index contributed by atoms with van der Waals surface area (Å²) in [6.45, 7) is 1.82. The molecule has 2 rings (SSSR count). The minimum Gasteiger partial charge on any atom is -0.457 e. The fourth-order valence-corrected chi connectivity index (χ4v) is 1.91. The Morgan fingerprint density at radius 3 is 2.40 bits per heavy atom. The number of halogens is 4. The monoisotopic (exact) mass is 345 g/mol. The highest BCUT2D eigenvalue weighted by molar-refractivity contribution is 9.10. The van der Waals surface area contributed by atoms with E-state index in [0.717, 1.165) is 16.1 Å². The van der Waals surface area contributed by atoms with E-state index in [0.29, 0.717) is 5.75 Å². The van der Waals surface area contributed by atoms with Crippen molar-refractivity contribution in [3.05, 3.63) is 52.0 Å². The van der Waals surface area contributed by atoms with E-state index >= 15 is 0 Å². The van der Waals surface area contributed by atoms with Crippen LogP contribution in [0.5, 0.6) is 11.5 Å². The number of benzene rings is 2. The normalized spacial score (nSPS) is 11.4. The summed E-state index contributed by atoms with van der Waals surface area (Å²) >= 11 is 3.32. The van der Waals surface area contributed by atoms with Crippen LogP contribution < -0.4 is 10.5 Å². The van der Waals surface area contributed by atoms with Crippen LogP contribution in [-0.4, -0.2) is 0 Å². The van der Waals surface area contributed by atoms with Gasteiger partial charge in [0.2, 0.25) is 0 Å². The molecule has 0 amide bonds. The molecule has 0 aliphatic rings. The zero-order chi connectivity index (χ0) is 14.9. The molecule has 0 saturated heterocycles. The van der Waals surface area contributed by atoms with Crippen LogP contribution in [0.1, 0.15) is 11.1 Å². The summed E-state index contributed by atoms with van der Waals surface area (Å²) in [4.78, 5) is 0. The third-order valence-corrected chi connectivity index (χ3v) is 3.56. The van der Waals surface area contributed by atoms with Crippen LogP contribution in [0.25, 0.3) is 0 Å². The molecule has 0 aromatic heterocycles. The maximum Gasteiger partial charge on any atom is 0.420 e. The molecule has 0 aliphatic carbocycles. The van der Waals surface area contributed by atoms with E-state index in [-0.39, 0.29) is 11.4 Å². The largest absolute Gasteiger partial charge is 0.457 e. The quantitative estimate of drug-likeness (QED) is 0.763. The number of alkyl halides is 3.